The van der Waals surface area contributed by atoms with Crippen LogP contribution in [0.25, 0.3) is 11.1 Å². The van der Waals surface area contributed by atoms with E-state index < -0.39 is 0 Å². The molecule has 1 N–H and O–H groups in total. The lowest BCUT2D eigenvalue weighted by molar-refractivity contribution is -0.000614. The van der Waals surface area contributed by atoms with Gasteiger partial charge in [-0.1, -0.05) is 48.9 Å². The third-order valence-electron chi connectivity index (χ3n) is 7.26. The number of thiophene rings is 1. The van der Waals surface area contributed by atoms with Crippen molar-refractivity contribution in [2.24, 2.45) is 5.41 Å². The van der Waals surface area contributed by atoms with Crippen molar-refractivity contribution in [2.75, 3.05) is 11.9 Å². The monoisotopic (exact) mass is 430 g/mol. The van der Waals surface area contributed by atoms with Crippen LogP contribution in [-0.4, -0.2) is 19.0 Å². The highest BCUT2D eigenvalue weighted by molar-refractivity contribution is 7.12. The molecule has 1 spiro atoms. The molecule has 1 amide bonds. The maximum Gasteiger partial charge on any atom is 0.254 e. The van der Waals surface area contributed by atoms with E-state index in [0.29, 0.717) is 11.5 Å². The molecule has 2 aliphatic carbocycles. The molecule has 0 aliphatic heterocycles. The van der Waals surface area contributed by atoms with Crippen LogP contribution in [-0.2, 0) is 0 Å². The van der Waals surface area contributed by atoms with Crippen molar-refractivity contribution in [1.29, 1.82) is 0 Å². The van der Waals surface area contributed by atoms with Crippen LogP contribution in [0.1, 0.15) is 52.2 Å². The SMILES string of the molecule is Cc1sc(C)c(N(C)c2ccc(-c3ccccc3)cc2)c1C(=O)NC1CC2(CCC2)C1. The van der Waals surface area contributed by atoms with Crippen molar-refractivity contribution in [3.8, 4) is 11.1 Å². The summed E-state index contributed by atoms with van der Waals surface area (Å²) < 4.78 is 0. The number of benzene rings is 2. The van der Waals surface area contributed by atoms with Crippen LogP contribution in [0.5, 0.6) is 0 Å². The van der Waals surface area contributed by atoms with Gasteiger partial charge >= 0.3 is 0 Å². The molecule has 0 bridgehead atoms. The number of nitrogens with zero attached hydrogens (tertiary/aromatic N) is 1. The molecule has 0 saturated heterocycles. The van der Waals surface area contributed by atoms with E-state index in [-0.39, 0.29) is 5.91 Å². The molecule has 2 fully saturated rings. The Balaban J connectivity index is 1.36. The van der Waals surface area contributed by atoms with Gasteiger partial charge in [-0.15, -0.1) is 11.3 Å². The number of nitrogens with one attached hydrogen (secondary N) is 1. The Labute approximate surface area is 189 Å². The fraction of sp³-hybridized carbons (Fsp3) is 0.370. The van der Waals surface area contributed by atoms with E-state index in [0.717, 1.165) is 34.7 Å². The smallest absolute Gasteiger partial charge is 0.254 e. The Kier molecular flexibility index (Phi) is 5.13. The largest absolute Gasteiger partial charge is 0.349 e. The molecule has 5 rings (SSSR count). The minimum absolute atomic E-state index is 0.0868. The zero-order valence-corrected chi connectivity index (χ0v) is 19.4. The number of carbonyl (C=O) groups is 1. The lowest BCUT2D eigenvalue weighted by Gasteiger charge is -2.54. The standard InChI is InChI=1S/C27H30N2OS/c1-18-24(26(30)28-22-16-27(17-22)14-7-15-27)25(19(2)31-18)29(3)23-12-10-21(11-13-23)20-8-5-4-6-9-20/h4-6,8-13,22H,7,14-17H2,1-3H3,(H,28,30). The molecule has 1 heterocycles. The minimum atomic E-state index is 0.0868. The molecule has 2 aliphatic rings. The van der Waals surface area contributed by atoms with Gasteiger partial charge in [0.1, 0.15) is 0 Å². The van der Waals surface area contributed by atoms with E-state index >= 15 is 0 Å². The van der Waals surface area contributed by atoms with Crippen molar-refractivity contribution < 1.29 is 4.79 Å². The molecule has 3 aromatic rings. The number of amides is 1. The van der Waals surface area contributed by atoms with E-state index in [2.05, 4.69) is 79.6 Å². The summed E-state index contributed by atoms with van der Waals surface area (Å²) in [5, 5.41) is 3.33. The third kappa shape index (κ3) is 3.67. The van der Waals surface area contributed by atoms with Gasteiger partial charge in [-0.05, 0) is 68.2 Å². The molecule has 0 radical (unpaired) electrons. The molecule has 2 saturated carbocycles. The van der Waals surface area contributed by atoms with Gasteiger partial charge in [0.15, 0.2) is 0 Å². The van der Waals surface area contributed by atoms with Crippen LogP contribution in [0.4, 0.5) is 11.4 Å². The first-order valence-electron chi connectivity index (χ1n) is 11.3. The summed E-state index contributed by atoms with van der Waals surface area (Å²) in [6, 6.07) is 19.4. The van der Waals surface area contributed by atoms with E-state index in [4.69, 9.17) is 0 Å². The Hall–Kier alpha value is -2.59. The Bertz CT molecular complexity index is 1090. The second-order valence-corrected chi connectivity index (χ2v) is 10.8. The number of aryl methyl sites for hydroxylation is 2. The summed E-state index contributed by atoms with van der Waals surface area (Å²) in [6.45, 7) is 4.18. The number of rotatable bonds is 5. The van der Waals surface area contributed by atoms with Gasteiger partial charge in [0.2, 0.25) is 0 Å². The topological polar surface area (TPSA) is 32.3 Å². The summed E-state index contributed by atoms with van der Waals surface area (Å²) >= 11 is 1.71. The van der Waals surface area contributed by atoms with Crippen molar-refractivity contribution in [2.45, 2.75) is 52.0 Å². The summed E-state index contributed by atoms with van der Waals surface area (Å²) in [5.41, 5.74) is 5.94. The normalized spacial score (nSPS) is 17.1. The number of hydrogen-bond donors (Lipinski definition) is 1. The van der Waals surface area contributed by atoms with Gasteiger partial charge in [0, 0.05) is 28.5 Å². The van der Waals surface area contributed by atoms with Crippen LogP contribution in [0.15, 0.2) is 54.6 Å². The minimum Gasteiger partial charge on any atom is -0.349 e. The molecule has 0 unspecified atom stereocenters. The van der Waals surface area contributed by atoms with Gasteiger partial charge in [-0.25, -0.2) is 0 Å². The van der Waals surface area contributed by atoms with E-state index in [1.165, 1.54) is 35.3 Å². The van der Waals surface area contributed by atoms with Crippen molar-refractivity contribution in [3.05, 3.63) is 69.9 Å². The highest BCUT2D eigenvalue weighted by atomic mass is 32.1. The summed E-state index contributed by atoms with van der Waals surface area (Å²) in [6.07, 6.45) is 6.38. The van der Waals surface area contributed by atoms with Gasteiger partial charge in [0.25, 0.3) is 5.91 Å². The zero-order valence-electron chi connectivity index (χ0n) is 18.6. The first-order valence-corrected chi connectivity index (χ1v) is 12.1. The predicted octanol–water partition coefficient (Wildman–Crippen LogP) is 6.86. The van der Waals surface area contributed by atoms with Crippen LogP contribution in [0.2, 0.25) is 0 Å². The molecule has 1 aromatic heterocycles. The third-order valence-corrected chi connectivity index (χ3v) is 8.27. The predicted molar refractivity (Wildman–Crippen MR) is 131 cm³/mol. The number of anilines is 2. The van der Waals surface area contributed by atoms with Crippen LogP contribution in [0.3, 0.4) is 0 Å². The van der Waals surface area contributed by atoms with Crippen molar-refractivity contribution in [1.82, 2.24) is 5.32 Å². The molecule has 160 valence electrons. The molecular weight excluding hydrogens is 400 g/mol. The average Bonchev–Trinajstić information content (AvgIpc) is 3.03. The van der Waals surface area contributed by atoms with E-state index in [9.17, 15) is 4.79 Å². The highest BCUT2D eigenvalue weighted by Gasteiger charge is 2.48. The molecule has 2 aromatic carbocycles. The first kappa shape index (κ1) is 20.3. The number of carbonyl (C=O) groups excluding carboxylic acids is 1. The Morgan fingerprint density at radius 3 is 2.23 bits per heavy atom. The Morgan fingerprint density at radius 2 is 1.61 bits per heavy atom. The fourth-order valence-corrected chi connectivity index (χ4v) is 6.50. The maximum absolute atomic E-state index is 13.3. The lowest BCUT2D eigenvalue weighted by Crippen LogP contribution is -2.53. The summed E-state index contributed by atoms with van der Waals surface area (Å²) in [7, 11) is 2.06. The zero-order chi connectivity index (χ0) is 21.6. The second kappa shape index (κ2) is 7.83. The van der Waals surface area contributed by atoms with Gasteiger partial charge in [-0.3, -0.25) is 4.79 Å². The lowest BCUT2D eigenvalue weighted by atomic mass is 9.54. The van der Waals surface area contributed by atoms with E-state index in [1.807, 2.05) is 6.07 Å². The number of hydrogen-bond acceptors (Lipinski definition) is 3. The van der Waals surface area contributed by atoms with Crippen LogP contribution >= 0.6 is 11.3 Å². The van der Waals surface area contributed by atoms with E-state index in [1.54, 1.807) is 11.3 Å². The summed E-state index contributed by atoms with van der Waals surface area (Å²) in [4.78, 5) is 17.7. The van der Waals surface area contributed by atoms with Crippen molar-refractivity contribution in [3.63, 3.8) is 0 Å². The van der Waals surface area contributed by atoms with Crippen LogP contribution in [0, 0.1) is 19.3 Å². The molecular formula is C27H30N2OS. The van der Waals surface area contributed by atoms with Gasteiger partial charge in [-0.2, -0.15) is 0 Å². The quantitative estimate of drug-likeness (QED) is 0.479. The molecule has 3 nitrogen and oxygen atoms in total. The van der Waals surface area contributed by atoms with Gasteiger partial charge < -0.3 is 10.2 Å². The average molecular weight is 431 g/mol. The molecule has 31 heavy (non-hydrogen) atoms. The second-order valence-electron chi connectivity index (χ2n) is 9.34. The summed E-state index contributed by atoms with van der Waals surface area (Å²) in [5.74, 6) is 0.0868. The highest BCUT2D eigenvalue weighted by Crippen LogP contribution is 2.55. The first-order chi connectivity index (χ1) is 15.0. The van der Waals surface area contributed by atoms with Gasteiger partial charge in [0.05, 0.1) is 11.3 Å². The fourth-order valence-electron chi connectivity index (χ4n) is 5.41. The molecule has 4 heteroatoms. The molecule has 0 atom stereocenters. The Morgan fingerprint density at radius 1 is 0.968 bits per heavy atom. The van der Waals surface area contributed by atoms with Crippen molar-refractivity contribution >= 4 is 28.6 Å². The van der Waals surface area contributed by atoms with Crippen LogP contribution < -0.4 is 10.2 Å². The maximum atomic E-state index is 13.3.